The number of fused-ring (bicyclic) bond motifs is 1. The standard InChI is InChI=1S/C22H26N2O5S/c1-15(2)22(16-5-10-19-20(14-16)29-13-12-28-19)23-30(26,27)18-8-6-17(7-9-18)24-11-3-4-21(24)25/h5-10,14-15,22-23H,3-4,11-13H2,1-2H3/t22-/m0/s1. The van der Waals surface area contributed by atoms with Crippen molar-refractivity contribution < 1.29 is 22.7 Å². The van der Waals surface area contributed by atoms with Crippen LogP contribution in [0.1, 0.15) is 38.3 Å². The van der Waals surface area contributed by atoms with Crippen molar-refractivity contribution in [3.05, 3.63) is 48.0 Å². The first-order valence-electron chi connectivity index (χ1n) is 10.2. The molecule has 1 atom stereocenters. The Hall–Kier alpha value is -2.58. The minimum atomic E-state index is -3.75. The van der Waals surface area contributed by atoms with Gasteiger partial charge in [-0.3, -0.25) is 4.79 Å². The normalized spacial score (nSPS) is 17.4. The number of anilines is 1. The zero-order chi connectivity index (χ0) is 21.3. The predicted molar refractivity (Wildman–Crippen MR) is 113 cm³/mol. The lowest BCUT2D eigenvalue weighted by molar-refractivity contribution is -0.117. The Morgan fingerprint density at radius 3 is 2.33 bits per heavy atom. The van der Waals surface area contributed by atoms with E-state index in [1.54, 1.807) is 29.2 Å². The van der Waals surface area contributed by atoms with E-state index >= 15 is 0 Å². The molecule has 0 spiro atoms. The molecular formula is C22H26N2O5S. The number of sulfonamides is 1. The van der Waals surface area contributed by atoms with Gasteiger partial charge in [-0.05, 0) is 54.3 Å². The van der Waals surface area contributed by atoms with Gasteiger partial charge in [0.2, 0.25) is 15.9 Å². The summed E-state index contributed by atoms with van der Waals surface area (Å²) in [4.78, 5) is 13.8. The number of hydrogen-bond acceptors (Lipinski definition) is 5. The van der Waals surface area contributed by atoms with Crippen LogP contribution in [0.2, 0.25) is 0 Å². The molecule has 0 unspecified atom stereocenters. The maximum absolute atomic E-state index is 13.1. The molecule has 2 heterocycles. The predicted octanol–water partition coefficient (Wildman–Crippen LogP) is 3.26. The molecule has 8 heteroatoms. The van der Waals surface area contributed by atoms with E-state index in [-0.39, 0.29) is 16.7 Å². The number of benzene rings is 2. The van der Waals surface area contributed by atoms with Crippen LogP contribution in [0.4, 0.5) is 5.69 Å². The molecule has 1 saturated heterocycles. The van der Waals surface area contributed by atoms with Crippen LogP contribution in [0.15, 0.2) is 47.4 Å². The van der Waals surface area contributed by atoms with Crippen LogP contribution >= 0.6 is 0 Å². The third kappa shape index (κ3) is 4.15. The minimum absolute atomic E-state index is 0.0174. The molecule has 2 aromatic rings. The van der Waals surface area contributed by atoms with E-state index in [1.807, 2.05) is 32.0 Å². The molecule has 1 amide bonds. The van der Waals surface area contributed by atoms with E-state index in [9.17, 15) is 13.2 Å². The van der Waals surface area contributed by atoms with E-state index in [2.05, 4.69) is 4.72 Å². The Balaban J connectivity index is 1.56. The van der Waals surface area contributed by atoms with Crippen molar-refractivity contribution in [3.63, 3.8) is 0 Å². The number of rotatable bonds is 6. The smallest absolute Gasteiger partial charge is 0.241 e. The van der Waals surface area contributed by atoms with Crippen LogP contribution in [0.5, 0.6) is 11.5 Å². The Morgan fingerprint density at radius 1 is 1.00 bits per heavy atom. The summed E-state index contributed by atoms with van der Waals surface area (Å²) in [5.41, 5.74) is 1.54. The molecule has 0 bridgehead atoms. The van der Waals surface area contributed by atoms with Gasteiger partial charge in [-0.25, -0.2) is 13.1 Å². The fourth-order valence-electron chi connectivity index (χ4n) is 3.80. The Kier molecular flexibility index (Phi) is 5.71. The van der Waals surface area contributed by atoms with E-state index in [4.69, 9.17) is 9.47 Å². The van der Waals surface area contributed by atoms with Crippen molar-refractivity contribution in [1.29, 1.82) is 0 Å². The molecule has 160 valence electrons. The van der Waals surface area contributed by atoms with Gasteiger partial charge >= 0.3 is 0 Å². The van der Waals surface area contributed by atoms with Gasteiger partial charge in [0.1, 0.15) is 13.2 Å². The summed E-state index contributed by atoms with van der Waals surface area (Å²) in [5.74, 6) is 1.39. The molecule has 7 nitrogen and oxygen atoms in total. The summed E-state index contributed by atoms with van der Waals surface area (Å²) < 4.78 is 40.1. The van der Waals surface area contributed by atoms with Gasteiger partial charge in [0.15, 0.2) is 11.5 Å². The largest absolute Gasteiger partial charge is 0.486 e. The first-order valence-corrected chi connectivity index (χ1v) is 11.7. The monoisotopic (exact) mass is 430 g/mol. The van der Waals surface area contributed by atoms with E-state index in [0.717, 1.165) is 17.7 Å². The zero-order valence-corrected chi connectivity index (χ0v) is 17.9. The summed E-state index contributed by atoms with van der Waals surface area (Å²) in [6.45, 7) is 5.58. The summed E-state index contributed by atoms with van der Waals surface area (Å²) in [6, 6.07) is 11.6. The Morgan fingerprint density at radius 2 is 1.70 bits per heavy atom. The van der Waals surface area contributed by atoms with Crippen LogP contribution < -0.4 is 19.1 Å². The second-order valence-electron chi connectivity index (χ2n) is 7.89. The van der Waals surface area contributed by atoms with Crippen molar-refractivity contribution >= 4 is 21.6 Å². The second kappa shape index (κ2) is 8.28. The molecule has 2 aliphatic heterocycles. The van der Waals surface area contributed by atoms with E-state index in [1.165, 1.54) is 0 Å². The third-order valence-electron chi connectivity index (χ3n) is 5.41. The summed E-state index contributed by atoms with van der Waals surface area (Å²) in [7, 11) is -3.75. The van der Waals surface area contributed by atoms with Crippen molar-refractivity contribution in [2.75, 3.05) is 24.7 Å². The number of nitrogens with zero attached hydrogens (tertiary/aromatic N) is 1. The Labute approximate surface area is 177 Å². The van der Waals surface area contributed by atoms with E-state index < -0.39 is 16.1 Å². The molecule has 0 aromatic heterocycles. The summed E-state index contributed by atoms with van der Waals surface area (Å²) in [5, 5.41) is 0. The second-order valence-corrected chi connectivity index (χ2v) is 9.60. The molecule has 1 N–H and O–H groups in total. The SMILES string of the molecule is CC(C)[C@H](NS(=O)(=O)c1ccc(N2CCCC2=O)cc1)c1ccc2c(c1)OCCO2. The average molecular weight is 431 g/mol. The van der Waals surface area contributed by atoms with Gasteiger partial charge in [-0.2, -0.15) is 0 Å². The topological polar surface area (TPSA) is 84.9 Å². The number of carbonyl (C=O) groups is 1. The highest BCUT2D eigenvalue weighted by Crippen LogP contribution is 2.35. The maximum Gasteiger partial charge on any atom is 0.241 e. The average Bonchev–Trinajstić information content (AvgIpc) is 3.17. The highest BCUT2D eigenvalue weighted by molar-refractivity contribution is 7.89. The first-order chi connectivity index (χ1) is 14.3. The van der Waals surface area contributed by atoms with Crippen LogP contribution in [0.3, 0.4) is 0 Å². The summed E-state index contributed by atoms with van der Waals surface area (Å²) in [6.07, 6.45) is 1.36. The van der Waals surface area contributed by atoms with Crippen LogP contribution in [0, 0.1) is 5.92 Å². The lowest BCUT2D eigenvalue weighted by Gasteiger charge is -2.25. The molecule has 0 radical (unpaired) electrons. The molecule has 2 aromatic carbocycles. The number of amides is 1. The zero-order valence-electron chi connectivity index (χ0n) is 17.1. The molecule has 4 rings (SSSR count). The molecule has 0 saturated carbocycles. The fraction of sp³-hybridized carbons (Fsp3) is 0.409. The lowest BCUT2D eigenvalue weighted by Crippen LogP contribution is -2.32. The van der Waals surface area contributed by atoms with E-state index in [0.29, 0.717) is 37.7 Å². The molecular weight excluding hydrogens is 404 g/mol. The molecule has 1 fully saturated rings. The van der Waals surface area contributed by atoms with Gasteiger partial charge in [0.05, 0.1) is 4.90 Å². The number of hydrogen-bond donors (Lipinski definition) is 1. The van der Waals surface area contributed by atoms with Gasteiger partial charge in [0.25, 0.3) is 0 Å². The van der Waals surface area contributed by atoms with Crippen LogP contribution in [-0.2, 0) is 14.8 Å². The van der Waals surface area contributed by atoms with Crippen LogP contribution in [-0.4, -0.2) is 34.1 Å². The Bertz CT molecular complexity index is 1030. The van der Waals surface area contributed by atoms with Gasteiger partial charge in [0, 0.05) is 24.7 Å². The quantitative estimate of drug-likeness (QED) is 0.760. The van der Waals surface area contributed by atoms with Crippen molar-refractivity contribution in [2.45, 2.75) is 37.6 Å². The third-order valence-corrected chi connectivity index (χ3v) is 6.86. The summed E-state index contributed by atoms with van der Waals surface area (Å²) >= 11 is 0. The van der Waals surface area contributed by atoms with Gasteiger partial charge in [-0.15, -0.1) is 0 Å². The van der Waals surface area contributed by atoms with Crippen LogP contribution in [0.25, 0.3) is 0 Å². The fourth-order valence-corrected chi connectivity index (χ4v) is 5.18. The number of nitrogens with one attached hydrogen (secondary N) is 1. The van der Waals surface area contributed by atoms with Crippen molar-refractivity contribution in [3.8, 4) is 11.5 Å². The van der Waals surface area contributed by atoms with Crippen molar-refractivity contribution in [2.24, 2.45) is 5.92 Å². The first kappa shape index (κ1) is 20.7. The molecule has 30 heavy (non-hydrogen) atoms. The van der Waals surface area contributed by atoms with Gasteiger partial charge < -0.3 is 14.4 Å². The van der Waals surface area contributed by atoms with Crippen molar-refractivity contribution in [1.82, 2.24) is 4.72 Å². The molecule has 2 aliphatic rings. The highest BCUT2D eigenvalue weighted by atomic mass is 32.2. The van der Waals surface area contributed by atoms with Gasteiger partial charge in [-0.1, -0.05) is 19.9 Å². The lowest BCUT2D eigenvalue weighted by atomic mass is 9.97. The highest BCUT2D eigenvalue weighted by Gasteiger charge is 2.27. The maximum atomic E-state index is 13.1. The minimum Gasteiger partial charge on any atom is -0.486 e. The molecule has 0 aliphatic carbocycles. The number of ether oxygens (including phenoxy) is 2. The number of carbonyl (C=O) groups excluding carboxylic acids is 1.